The van der Waals surface area contributed by atoms with Crippen LogP contribution in [-0.2, 0) is 12.8 Å². The predicted molar refractivity (Wildman–Crippen MR) is 123 cm³/mol. The molecule has 0 unspecified atom stereocenters. The summed E-state index contributed by atoms with van der Waals surface area (Å²) in [6.45, 7) is 0.677. The van der Waals surface area contributed by atoms with E-state index in [-0.39, 0.29) is 0 Å². The Hall–Kier alpha value is -3.55. The van der Waals surface area contributed by atoms with Gasteiger partial charge < -0.3 is 15.2 Å². The van der Waals surface area contributed by atoms with Gasteiger partial charge in [-0.25, -0.2) is 0 Å². The lowest BCUT2D eigenvalue weighted by atomic mass is 10.0. The predicted octanol–water partition coefficient (Wildman–Crippen LogP) is 5.26. The van der Waals surface area contributed by atoms with Crippen molar-refractivity contribution in [2.45, 2.75) is 12.8 Å². The van der Waals surface area contributed by atoms with E-state index in [4.69, 9.17) is 20.5 Å². The van der Waals surface area contributed by atoms with Gasteiger partial charge in [0, 0.05) is 0 Å². The number of ether oxygens (including phenoxy) is 2. The molecule has 0 radical (unpaired) electrons. The first-order valence-electron chi connectivity index (χ1n) is 9.88. The van der Waals surface area contributed by atoms with Crippen molar-refractivity contribution in [2.75, 3.05) is 20.8 Å². The molecule has 0 saturated carbocycles. The molecule has 4 aromatic carbocycles. The minimum atomic E-state index is 0.435. The Labute approximate surface area is 177 Å². The molecule has 0 aromatic heterocycles. The van der Waals surface area contributed by atoms with Crippen molar-refractivity contribution in [3.8, 4) is 17.6 Å². The third-order valence-corrected chi connectivity index (χ3v) is 5.04. The van der Waals surface area contributed by atoms with Crippen molar-refractivity contribution in [3.63, 3.8) is 0 Å². The van der Waals surface area contributed by atoms with E-state index in [1.54, 1.807) is 14.2 Å². The van der Waals surface area contributed by atoms with Crippen molar-refractivity contribution in [3.05, 3.63) is 83.9 Å². The first-order valence-corrected chi connectivity index (χ1v) is 9.88. The maximum atomic E-state index is 8.72. The number of nitrogens with zero attached hydrogens (tertiary/aromatic N) is 1. The van der Waals surface area contributed by atoms with Gasteiger partial charge in [0.25, 0.3) is 0 Å². The Morgan fingerprint density at radius 1 is 0.767 bits per heavy atom. The maximum Gasteiger partial charge on any atom is 0.119 e. The third-order valence-electron chi connectivity index (χ3n) is 5.04. The second kappa shape index (κ2) is 10.3. The molecule has 0 bridgehead atoms. The fourth-order valence-corrected chi connectivity index (χ4v) is 3.50. The molecule has 0 aliphatic rings. The van der Waals surface area contributed by atoms with Gasteiger partial charge in [-0.15, -0.1) is 0 Å². The van der Waals surface area contributed by atoms with Gasteiger partial charge in [0.05, 0.1) is 26.7 Å². The van der Waals surface area contributed by atoms with Crippen LogP contribution < -0.4 is 15.2 Å². The lowest BCUT2D eigenvalue weighted by Gasteiger charge is -2.07. The standard InChI is InChI=1S/C13H15NO.C13H11NO/c2*1-15-12-6-5-10-3-2-4-11(7-8-14)13(10)9-12/h2-6,9H,7-8,14H2,1H3;2-6,9H,7H2,1H3. The largest absolute Gasteiger partial charge is 0.497 e. The molecule has 0 saturated heterocycles. The lowest BCUT2D eigenvalue weighted by Crippen LogP contribution is -2.03. The van der Waals surface area contributed by atoms with Gasteiger partial charge in [0.15, 0.2) is 0 Å². The van der Waals surface area contributed by atoms with E-state index < -0.39 is 0 Å². The van der Waals surface area contributed by atoms with E-state index in [0.717, 1.165) is 34.3 Å². The van der Waals surface area contributed by atoms with Crippen LogP contribution in [0.3, 0.4) is 0 Å². The van der Waals surface area contributed by atoms with Crippen LogP contribution in [0.4, 0.5) is 0 Å². The number of fused-ring (bicyclic) bond motifs is 2. The molecule has 0 aliphatic carbocycles. The molecule has 0 atom stereocenters. The smallest absolute Gasteiger partial charge is 0.119 e. The molecule has 0 aliphatic heterocycles. The summed E-state index contributed by atoms with van der Waals surface area (Å²) in [6, 6.07) is 26.5. The monoisotopic (exact) mass is 398 g/mol. The molecule has 2 N–H and O–H groups in total. The zero-order valence-electron chi connectivity index (χ0n) is 17.4. The highest BCUT2D eigenvalue weighted by Gasteiger charge is 2.02. The third kappa shape index (κ3) is 4.89. The minimum absolute atomic E-state index is 0.435. The molecule has 152 valence electrons. The van der Waals surface area contributed by atoms with E-state index in [2.05, 4.69) is 36.4 Å². The van der Waals surface area contributed by atoms with Gasteiger partial charge in [-0.05, 0) is 69.9 Å². The topological polar surface area (TPSA) is 68.3 Å². The van der Waals surface area contributed by atoms with Crippen molar-refractivity contribution >= 4 is 21.5 Å². The van der Waals surface area contributed by atoms with Crippen molar-refractivity contribution in [1.29, 1.82) is 5.26 Å². The van der Waals surface area contributed by atoms with Crippen LogP contribution >= 0.6 is 0 Å². The molecule has 4 nitrogen and oxygen atoms in total. The summed E-state index contributed by atoms with van der Waals surface area (Å²) >= 11 is 0. The van der Waals surface area contributed by atoms with Crippen LogP contribution in [0.25, 0.3) is 21.5 Å². The normalized spacial score (nSPS) is 10.2. The number of methoxy groups -OCH3 is 2. The Morgan fingerprint density at radius 2 is 1.30 bits per heavy atom. The lowest BCUT2D eigenvalue weighted by molar-refractivity contribution is 0.415. The van der Waals surface area contributed by atoms with E-state index in [1.807, 2.05) is 42.5 Å². The van der Waals surface area contributed by atoms with E-state index in [0.29, 0.717) is 13.0 Å². The van der Waals surface area contributed by atoms with Gasteiger partial charge in [-0.2, -0.15) is 5.26 Å². The molecule has 4 rings (SSSR count). The summed E-state index contributed by atoms with van der Waals surface area (Å²) in [6.07, 6.45) is 1.34. The molecule has 4 heteroatoms. The second-order valence-electron chi connectivity index (χ2n) is 6.88. The maximum absolute atomic E-state index is 8.72. The highest BCUT2D eigenvalue weighted by Crippen LogP contribution is 2.25. The average molecular weight is 399 g/mol. The van der Waals surface area contributed by atoms with E-state index in [1.165, 1.54) is 16.3 Å². The van der Waals surface area contributed by atoms with Crippen molar-refractivity contribution in [1.82, 2.24) is 0 Å². The first kappa shape index (κ1) is 21.2. The molecule has 0 heterocycles. The molecule has 0 amide bonds. The summed E-state index contributed by atoms with van der Waals surface area (Å²) in [5, 5.41) is 13.4. The van der Waals surface area contributed by atoms with Gasteiger partial charge >= 0.3 is 0 Å². The zero-order valence-corrected chi connectivity index (χ0v) is 17.4. The first-order chi connectivity index (χ1) is 14.7. The van der Waals surface area contributed by atoms with Crippen molar-refractivity contribution < 1.29 is 9.47 Å². The fourth-order valence-electron chi connectivity index (χ4n) is 3.50. The molecule has 4 aromatic rings. The van der Waals surface area contributed by atoms with Crippen LogP contribution in [0.15, 0.2) is 72.8 Å². The van der Waals surface area contributed by atoms with Gasteiger partial charge in [0.1, 0.15) is 11.5 Å². The SMILES string of the molecule is COc1ccc2cccc(CC#N)c2c1.COc1ccc2cccc(CCN)c2c1. The number of benzene rings is 4. The highest BCUT2D eigenvalue weighted by atomic mass is 16.5. The van der Waals surface area contributed by atoms with Crippen LogP contribution in [0.1, 0.15) is 11.1 Å². The Balaban J connectivity index is 0.000000171. The number of nitrogens with two attached hydrogens (primary N) is 1. The summed E-state index contributed by atoms with van der Waals surface area (Å²) < 4.78 is 10.4. The zero-order chi connectivity index (χ0) is 21.3. The average Bonchev–Trinajstić information content (AvgIpc) is 2.80. The Kier molecular flexibility index (Phi) is 7.26. The minimum Gasteiger partial charge on any atom is -0.497 e. The molecule has 0 fully saturated rings. The molecule has 0 spiro atoms. The molecular weight excluding hydrogens is 372 g/mol. The summed E-state index contributed by atoms with van der Waals surface area (Å²) in [5.74, 6) is 1.72. The van der Waals surface area contributed by atoms with Gasteiger partial charge in [-0.3, -0.25) is 0 Å². The van der Waals surface area contributed by atoms with Crippen LogP contribution in [0.2, 0.25) is 0 Å². The van der Waals surface area contributed by atoms with Crippen LogP contribution in [0.5, 0.6) is 11.5 Å². The summed E-state index contributed by atoms with van der Waals surface area (Å²) in [4.78, 5) is 0. The number of rotatable bonds is 5. The summed E-state index contributed by atoms with van der Waals surface area (Å²) in [5.41, 5.74) is 7.93. The highest BCUT2D eigenvalue weighted by molar-refractivity contribution is 5.88. The molecular formula is C26H26N2O2. The number of hydrogen-bond acceptors (Lipinski definition) is 4. The number of nitriles is 1. The van der Waals surface area contributed by atoms with Gasteiger partial charge in [-0.1, -0.05) is 48.5 Å². The summed E-state index contributed by atoms with van der Waals surface area (Å²) in [7, 11) is 3.33. The Morgan fingerprint density at radius 3 is 1.80 bits per heavy atom. The Bertz CT molecular complexity index is 1180. The second-order valence-corrected chi connectivity index (χ2v) is 6.88. The van der Waals surface area contributed by atoms with E-state index in [9.17, 15) is 0 Å². The van der Waals surface area contributed by atoms with Crippen LogP contribution in [-0.4, -0.2) is 20.8 Å². The van der Waals surface area contributed by atoms with Crippen LogP contribution in [0, 0.1) is 11.3 Å². The quantitative estimate of drug-likeness (QED) is 0.498. The number of hydrogen-bond donors (Lipinski definition) is 1. The molecule has 30 heavy (non-hydrogen) atoms. The van der Waals surface area contributed by atoms with Crippen molar-refractivity contribution in [2.24, 2.45) is 5.73 Å². The van der Waals surface area contributed by atoms with E-state index >= 15 is 0 Å². The fraction of sp³-hybridized carbons (Fsp3) is 0.192. The van der Waals surface area contributed by atoms with Gasteiger partial charge in [0.2, 0.25) is 0 Å².